The molecule has 0 saturated heterocycles. The molecule has 0 bridgehead atoms. The van der Waals surface area contributed by atoms with Gasteiger partial charge in [-0.25, -0.2) is 9.67 Å². The third kappa shape index (κ3) is 3.08. The number of ether oxygens (including phenoxy) is 1. The zero-order valence-corrected chi connectivity index (χ0v) is 12.0. The second-order valence-electron chi connectivity index (χ2n) is 4.05. The van der Waals surface area contributed by atoms with E-state index < -0.39 is 0 Å². The molecule has 0 amide bonds. The Morgan fingerprint density at radius 2 is 2.30 bits per heavy atom. The van der Waals surface area contributed by atoms with Crippen LogP contribution in [0.1, 0.15) is 12.5 Å². The van der Waals surface area contributed by atoms with Crippen molar-refractivity contribution in [2.45, 2.75) is 20.0 Å². The lowest BCUT2D eigenvalue weighted by Gasteiger charge is -2.09. The Hall–Kier alpha value is -2.08. The van der Waals surface area contributed by atoms with Gasteiger partial charge in [-0.05, 0) is 18.6 Å². The molecule has 2 aromatic rings. The molecule has 1 N–H and O–H groups in total. The summed E-state index contributed by atoms with van der Waals surface area (Å²) in [5.74, 6) is 0.537. The molecule has 0 aliphatic heterocycles. The number of hydrogen-bond acceptors (Lipinski definition) is 5. The van der Waals surface area contributed by atoms with Gasteiger partial charge in [0.2, 0.25) is 5.88 Å². The van der Waals surface area contributed by atoms with Crippen LogP contribution in [0.3, 0.4) is 0 Å². The van der Waals surface area contributed by atoms with E-state index >= 15 is 0 Å². The Kier molecular flexibility index (Phi) is 4.57. The maximum Gasteiger partial charge on any atom is 0.287 e. The average Bonchev–Trinajstić information content (AvgIpc) is 2.49. The van der Waals surface area contributed by atoms with Crippen molar-refractivity contribution in [2.75, 3.05) is 12.4 Å². The zero-order chi connectivity index (χ0) is 14.5. The topological polar surface area (TPSA) is 69.0 Å². The van der Waals surface area contributed by atoms with Gasteiger partial charge in [-0.3, -0.25) is 4.79 Å². The molecule has 20 heavy (non-hydrogen) atoms. The average molecular weight is 295 g/mol. The Morgan fingerprint density at radius 3 is 3.00 bits per heavy atom. The van der Waals surface area contributed by atoms with E-state index in [9.17, 15) is 4.79 Å². The fourth-order valence-corrected chi connectivity index (χ4v) is 1.90. The van der Waals surface area contributed by atoms with Crippen molar-refractivity contribution >= 4 is 17.3 Å². The highest BCUT2D eigenvalue weighted by Crippen LogP contribution is 2.17. The minimum Gasteiger partial charge on any atom is -0.481 e. The Balaban J connectivity index is 2.15. The highest BCUT2D eigenvalue weighted by Gasteiger charge is 2.08. The number of aryl methyl sites for hydroxylation is 1. The van der Waals surface area contributed by atoms with E-state index in [0.717, 1.165) is 5.56 Å². The Labute approximate surface area is 121 Å². The maximum absolute atomic E-state index is 11.8. The first-order valence-corrected chi connectivity index (χ1v) is 6.52. The van der Waals surface area contributed by atoms with E-state index in [-0.39, 0.29) is 10.6 Å². The minimum atomic E-state index is -0.300. The minimum absolute atomic E-state index is 0.142. The lowest BCUT2D eigenvalue weighted by atomic mass is 10.2. The lowest BCUT2D eigenvalue weighted by molar-refractivity contribution is 0.397. The van der Waals surface area contributed by atoms with Gasteiger partial charge in [0.1, 0.15) is 5.02 Å². The molecule has 0 aliphatic carbocycles. The monoisotopic (exact) mass is 294 g/mol. The van der Waals surface area contributed by atoms with Gasteiger partial charge in [-0.2, -0.15) is 5.10 Å². The molecular weight excluding hydrogens is 280 g/mol. The summed E-state index contributed by atoms with van der Waals surface area (Å²) < 4.78 is 6.36. The van der Waals surface area contributed by atoms with E-state index in [1.54, 1.807) is 19.5 Å². The van der Waals surface area contributed by atoms with Crippen molar-refractivity contribution in [3.63, 3.8) is 0 Å². The van der Waals surface area contributed by atoms with Crippen molar-refractivity contribution in [3.05, 3.63) is 45.5 Å². The van der Waals surface area contributed by atoms with Gasteiger partial charge < -0.3 is 10.1 Å². The van der Waals surface area contributed by atoms with Gasteiger partial charge in [0.25, 0.3) is 5.56 Å². The summed E-state index contributed by atoms with van der Waals surface area (Å²) in [5, 5.41) is 7.25. The normalized spacial score (nSPS) is 10.3. The lowest BCUT2D eigenvalue weighted by Crippen LogP contribution is -2.23. The molecule has 6 nitrogen and oxygen atoms in total. The van der Waals surface area contributed by atoms with Crippen LogP contribution in [-0.4, -0.2) is 21.9 Å². The molecule has 2 heterocycles. The molecule has 0 fully saturated rings. The van der Waals surface area contributed by atoms with Gasteiger partial charge in [-0.15, -0.1) is 0 Å². The van der Waals surface area contributed by atoms with Gasteiger partial charge in [0.15, 0.2) is 0 Å². The SMILES string of the molecule is CCn1ncc(NCc2ccnc(OC)c2)c(Cl)c1=O. The van der Waals surface area contributed by atoms with Gasteiger partial charge in [0, 0.05) is 25.4 Å². The second-order valence-corrected chi connectivity index (χ2v) is 4.43. The molecule has 0 aromatic carbocycles. The van der Waals surface area contributed by atoms with Crippen LogP contribution in [0.15, 0.2) is 29.3 Å². The van der Waals surface area contributed by atoms with Crippen LogP contribution >= 0.6 is 11.6 Å². The van der Waals surface area contributed by atoms with E-state index in [1.165, 1.54) is 4.68 Å². The fraction of sp³-hybridized carbons (Fsp3) is 0.308. The molecule has 2 rings (SSSR count). The van der Waals surface area contributed by atoms with Crippen molar-refractivity contribution in [2.24, 2.45) is 0 Å². The quantitative estimate of drug-likeness (QED) is 0.912. The number of nitrogens with one attached hydrogen (secondary N) is 1. The van der Waals surface area contributed by atoms with E-state index in [4.69, 9.17) is 16.3 Å². The van der Waals surface area contributed by atoms with Crippen LogP contribution in [0, 0.1) is 0 Å². The molecular formula is C13H15ClN4O2. The number of pyridine rings is 1. The first-order valence-electron chi connectivity index (χ1n) is 6.14. The van der Waals surface area contributed by atoms with Gasteiger partial charge >= 0.3 is 0 Å². The number of methoxy groups -OCH3 is 1. The van der Waals surface area contributed by atoms with E-state index in [0.29, 0.717) is 24.7 Å². The first kappa shape index (κ1) is 14.3. The molecule has 2 aromatic heterocycles. The van der Waals surface area contributed by atoms with Crippen molar-refractivity contribution in [3.8, 4) is 5.88 Å². The Bertz CT molecular complexity index is 657. The summed E-state index contributed by atoms with van der Waals surface area (Å²) in [5.41, 5.74) is 1.18. The largest absolute Gasteiger partial charge is 0.481 e. The predicted molar refractivity (Wildman–Crippen MR) is 77.3 cm³/mol. The molecule has 0 saturated carbocycles. The molecule has 0 spiro atoms. The summed E-state index contributed by atoms with van der Waals surface area (Å²) in [4.78, 5) is 15.9. The smallest absolute Gasteiger partial charge is 0.287 e. The van der Waals surface area contributed by atoms with Crippen molar-refractivity contribution in [1.29, 1.82) is 0 Å². The van der Waals surface area contributed by atoms with Crippen LogP contribution in [0.2, 0.25) is 5.02 Å². The number of nitrogens with zero attached hydrogens (tertiary/aromatic N) is 3. The highest BCUT2D eigenvalue weighted by atomic mass is 35.5. The third-order valence-corrected chi connectivity index (χ3v) is 3.14. The van der Waals surface area contributed by atoms with Gasteiger partial charge in [-0.1, -0.05) is 11.6 Å². The van der Waals surface area contributed by atoms with Crippen LogP contribution in [-0.2, 0) is 13.1 Å². The van der Waals surface area contributed by atoms with Crippen LogP contribution in [0.25, 0.3) is 0 Å². The molecule has 0 atom stereocenters. The highest BCUT2D eigenvalue weighted by molar-refractivity contribution is 6.32. The van der Waals surface area contributed by atoms with E-state index in [1.807, 2.05) is 19.1 Å². The van der Waals surface area contributed by atoms with E-state index in [2.05, 4.69) is 15.4 Å². The fourth-order valence-electron chi connectivity index (χ4n) is 1.68. The zero-order valence-electron chi connectivity index (χ0n) is 11.3. The van der Waals surface area contributed by atoms with Crippen LogP contribution in [0.5, 0.6) is 5.88 Å². The molecule has 0 unspecified atom stereocenters. The van der Waals surface area contributed by atoms with Gasteiger partial charge in [0.05, 0.1) is 19.0 Å². The summed E-state index contributed by atoms with van der Waals surface area (Å²) in [6.07, 6.45) is 3.20. The third-order valence-electron chi connectivity index (χ3n) is 2.78. The van der Waals surface area contributed by atoms with Crippen molar-refractivity contribution in [1.82, 2.24) is 14.8 Å². The summed E-state index contributed by atoms with van der Waals surface area (Å²) in [6.45, 7) is 2.82. The number of hydrogen-bond donors (Lipinski definition) is 1. The summed E-state index contributed by atoms with van der Waals surface area (Å²) in [7, 11) is 1.56. The predicted octanol–water partition coefficient (Wildman–Crippen LogP) is 1.93. The van der Waals surface area contributed by atoms with Crippen LogP contribution < -0.4 is 15.6 Å². The summed E-state index contributed by atoms with van der Waals surface area (Å²) in [6, 6.07) is 3.66. The summed E-state index contributed by atoms with van der Waals surface area (Å²) >= 11 is 6.03. The number of aromatic nitrogens is 3. The molecule has 0 aliphatic rings. The maximum atomic E-state index is 11.8. The Morgan fingerprint density at radius 1 is 1.50 bits per heavy atom. The molecule has 0 radical (unpaired) electrons. The standard InChI is InChI=1S/C13H15ClN4O2/c1-3-18-13(19)12(14)10(8-17-18)16-7-9-4-5-15-11(6-9)20-2/h4-6,8,16H,3,7H2,1-2H3. The number of rotatable bonds is 5. The number of anilines is 1. The second kappa shape index (κ2) is 6.38. The van der Waals surface area contributed by atoms with Crippen LogP contribution in [0.4, 0.5) is 5.69 Å². The number of halogens is 1. The molecule has 7 heteroatoms. The molecule has 106 valence electrons. The first-order chi connectivity index (χ1) is 9.65. The van der Waals surface area contributed by atoms with Crippen molar-refractivity contribution < 1.29 is 4.74 Å².